The van der Waals surface area contributed by atoms with Crippen LogP contribution in [0.1, 0.15) is 57.5 Å². The largest absolute Gasteiger partial charge is 0.384 e. The summed E-state index contributed by atoms with van der Waals surface area (Å²) < 4.78 is 0. The maximum absolute atomic E-state index is 12.9. The number of carbonyl (C=O) groups is 3. The molecule has 0 radical (unpaired) electrons. The lowest BCUT2D eigenvalue weighted by Gasteiger charge is -2.20. The molecule has 2 aromatic rings. The van der Waals surface area contributed by atoms with Crippen molar-refractivity contribution in [2.45, 2.75) is 25.7 Å². The van der Waals surface area contributed by atoms with E-state index in [4.69, 9.17) is 0 Å². The van der Waals surface area contributed by atoms with Crippen molar-refractivity contribution in [3.8, 4) is 0 Å². The lowest BCUT2D eigenvalue weighted by atomic mass is 9.83. The van der Waals surface area contributed by atoms with Crippen molar-refractivity contribution < 1.29 is 14.4 Å². The average Bonchev–Trinajstić information content (AvgIpc) is 2.73. The highest BCUT2D eigenvalue weighted by atomic mass is 16.1. The maximum Gasteiger partial charge on any atom is 0.243 e. The van der Waals surface area contributed by atoms with Crippen LogP contribution in [0.25, 0.3) is 0 Å². The standard InChI is InChI=1S/C23H24N2O3/c1-2-20(26)25-15-8-4-3-7-14-24-19-13-9-12-18-21(19)23(28)17-11-6-5-10-16(17)22(18)27/h2,5-6,9-13,24H,1,3-4,7-8,14-15H2,(H,25,26). The summed E-state index contributed by atoms with van der Waals surface area (Å²) in [7, 11) is 0. The third kappa shape index (κ3) is 4.19. The summed E-state index contributed by atoms with van der Waals surface area (Å²) in [6, 6.07) is 12.3. The van der Waals surface area contributed by atoms with Crippen LogP contribution < -0.4 is 10.6 Å². The number of benzene rings is 2. The van der Waals surface area contributed by atoms with Crippen molar-refractivity contribution in [2.24, 2.45) is 0 Å². The van der Waals surface area contributed by atoms with Gasteiger partial charge in [0.25, 0.3) is 0 Å². The van der Waals surface area contributed by atoms with Gasteiger partial charge < -0.3 is 10.6 Å². The molecular formula is C23H24N2O3. The van der Waals surface area contributed by atoms with Crippen LogP contribution in [-0.2, 0) is 4.79 Å². The SMILES string of the molecule is C=CC(=O)NCCCCCCNc1cccc2c1C(=O)c1ccccc1C2=O. The monoisotopic (exact) mass is 376 g/mol. The lowest BCUT2D eigenvalue weighted by molar-refractivity contribution is -0.116. The Kier molecular flexibility index (Phi) is 6.37. The molecule has 28 heavy (non-hydrogen) atoms. The molecule has 0 spiro atoms. The smallest absolute Gasteiger partial charge is 0.243 e. The van der Waals surface area contributed by atoms with Crippen molar-refractivity contribution in [3.63, 3.8) is 0 Å². The molecule has 0 fully saturated rings. The molecule has 0 aromatic heterocycles. The molecule has 1 aliphatic rings. The first-order valence-electron chi connectivity index (χ1n) is 9.59. The van der Waals surface area contributed by atoms with E-state index in [-0.39, 0.29) is 17.5 Å². The highest BCUT2D eigenvalue weighted by molar-refractivity contribution is 6.30. The number of anilines is 1. The first-order valence-corrected chi connectivity index (χ1v) is 9.59. The number of ketones is 2. The minimum atomic E-state index is -0.142. The molecule has 0 heterocycles. The Balaban J connectivity index is 1.55. The fraction of sp³-hybridized carbons (Fsp3) is 0.261. The molecule has 0 saturated carbocycles. The van der Waals surface area contributed by atoms with Gasteiger partial charge in [-0.25, -0.2) is 0 Å². The summed E-state index contributed by atoms with van der Waals surface area (Å²) in [5, 5.41) is 6.08. The van der Waals surface area contributed by atoms with Crippen molar-refractivity contribution in [2.75, 3.05) is 18.4 Å². The van der Waals surface area contributed by atoms with Gasteiger partial charge in [0.15, 0.2) is 11.6 Å². The van der Waals surface area contributed by atoms with Crippen LogP contribution in [0.15, 0.2) is 55.1 Å². The summed E-state index contributed by atoms with van der Waals surface area (Å²) in [5.41, 5.74) is 2.59. The second-order valence-electron chi connectivity index (χ2n) is 6.77. The van der Waals surface area contributed by atoms with E-state index in [1.165, 1.54) is 6.08 Å². The molecular weight excluding hydrogens is 352 g/mol. The van der Waals surface area contributed by atoms with E-state index in [9.17, 15) is 14.4 Å². The predicted octanol–water partition coefficient (Wildman–Crippen LogP) is 3.74. The van der Waals surface area contributed by atoms with Crippen molar-refractivity contribution in [3.05, 3.63) is 77.4 Å². The van der Waals surface area contributed by atoms with Gasteiger partial charge in [0.2, 0.25) is 5.91 Å². The van der Waals surface area contributed by atoms with Gasteiger partial charge in [0.05, 0.1) is 5.56 Å². The van der Waals surface area contributed by atoms with Crippen molar-refractivity contribution >= 4 is 23.2 Å². The Morgan fingerprint density at radius 2 is 1.46 bits per heavy atom. The second kappa shape index (κ2) is 9.13. The normalized spacial score (nSPS) is 12.1. The zero-order valence-corrected chi connectivity index (χ0v) is 15.8. The van der Waals surface area contributed by atoms with Gasteiger partial charge in [0, 0.05) is 35.5 Å². The Morgan fingerprint density at radius 1 is 0.821 bits per heavy atom. The van der Waals surface area contributed by atoms with Gasteiger partial charge in [-0.1, -0.05) is 55.8 Å². The van der Waals surface area contributed by atoms with Crippen LogP contribution in [0.4, 0.5) is 5.69 Å². The Hall–Kier alpha value is -3.21. The fourth-order valence-corrected chi connectivity index (χ4v) is 3.40. The van der Waals surface area contributed by atoms with Gasteiger partial charge in [-0.2, -0.15) is 0 Å². The highest BCUT2D eigenvalue weighted by Crippen LogP contribution is 2.31. The van der Waals surface area contributed by atoms with E-state index >= 15 is 0 Å². The third-order valence-corrected chi connectivity index (χ3v) is 4.86. The molecule has 144 valence electrons. The van der Waals surface area contributed by atoms with Crippen LogP contribution in [0.3, 0.4) is 0 Å². The molecule has 2 aromatic carbocycles. The quantitative estimate of drug-likeness (QED) is 0.441. The summed E-state index contributed by atoms with van der Waals surface area (Å²) in [6.07, 6.45) is 5.16. The first kappa shape index (κ1) is 19.5. The molecule has 2 N–H and O–H groups in total. The summed E-state index contributed by atoms with van der Waals surface area (Å²) in [5.74, 6) is -0.349. The van der Waals surface area contributed by atoms with Gasteiger partial charge >= 0.3 is 0 Å². The topological polar surface area (TPSA) is 75.3 Å². The first-order chi connectivity index (χ1) is 13.6. The molecule has 0 bridgehead atoms. The number of amides is 1. The number of carbonyl (C=O) groups excluding carboxylic acids is 3. The van der Waals surface area contributed by atoms with Crippen LogP contribution in [0.5, 0.6) is 0 Å². The molecule has 0 atom stereocenters. The average molecular weight is 376 g/mol. The van der Waals surface area contributed by atoms with E-state index in [0.717, 1.165) is 32.2 Å². The molecule has 5 nitrogen and oxygen atoms in total. The number of unbranched alkanes of at least 4 members (excludes halogenated alkanes) is 3. The van der Waals surface area contributed by atoms with Crippen LogP contribution in [-0.4, -0.2) is 30.6 Å². The van der Waals surface area contributed by atoms with Crippen molar-refractivity contribution in [1.82, 2.24) is 5.32 Å². The van der Waals surface area contributed by atoms with E-state index in [1.807, 2.05) is 12.1 Å². The second-order valence-corrected chi connectivity index (χ2v) is 6.77. The fourth-order valence-electron chi connectivity index (χ4n) is 3.40. The highest BCUT2D eigenvalue weighted by Gasteiger charge is 2.31. The van der Waals surface area contributed by atoms with E-state index in [2.05, 4.69) is 17.2 Å². The number of fused-ring (bicyclic) bond motifs is 2. The summed E-state index contributed by atoms with van der Waals surface area (Å²) >= 11 is 0. The van der Waals surface area contributed by atoms with Gasteiger partial charge in [0.1, 0.15) is 0 Å². The van der Waals surface area contributed by atoms with E-state index in [1.54, 1.807) is 30.3 Å². The maximum atomic E-state index is 12.9. The summed E-state index contributed by atoms with van der Waals surface area (Å²) in [4.78, 5) is 36.7. The van der Waals surface area contributed by atoms with Crippen LogP contribution in [0.2, 0.25) is 0 Å². The Bertz CT molecular complexity index is 918. The van der Waals surface area contributed by atoms with Gasteiger partial charge in [-0.3, -0.25) is 14.4 Å². The van der Waals surface area contributed by atoms with E-state index in [0.29, 0.717) is 34.5 Å². The molecule has 0 unspecified atom stereocenters. The molecule has 1 amide bonds. The number of hydrogen-bond acceptors (Lipinski definition) is 4. The molecule has 1 aliphatic carbocycles. The number of hydrogen-bond donors (Lipinski definition) is 2. The Labute approximate surface area is 164 Å². The van der Waals surface area contributed by atoms with E-state index < -0.39 is 0 Å². The lowest BCUT2D eigenvalue weighted by Crippen LogP contribution is -2.22. The zero-order valence-electron chi connectivity index (χ0n) is 15.8. The molecule has 0 aliphatic heterocycles. The molecule has 5 heteroatoms. The van der Waals surface area contributed by atoms with Crippen LogP contribution >= 0.6 is 0 Å². The Morgan fingerprint density at radius 3 is 2.18 bits per heavy atom. The molecule has 3 rings (SSSR count). The predicted molar refractivity (Wildman–Crippen MR) is 110 cm³/mol. The van der Waals surface area contributed by atoms with Crippen molar-refractivity contribution in [1.29, 1.82) is 0 Å². The minimum Gasteiger partial charge on any atom is -0.384 e. The van der Waals surface area contributed by atoms with Gasteiger partial charge in [-0.05, 0) is 25.0 Å². The number of nitrogens with one attached hydrogen (secondary N) is 2. The third-order valence-electron chi connectivity index (χ3n) is 4.86. The molecule has 0 saturated heterocycles. The zero-order chi connectivity index (χ0) is 19.9. The van der Waals surface area contributed by atoms with Gasteiger partial charge in [-0.15, -0.1) is 0 Å². The minimum absolute atomic E-state index is 0.101. The number of rotatable bonds is 9. The van der Waals surface area contributed by atoms with Crippen LogP contribution in [0, 0.1) is 0 Å². The summed E-state index contributed by atoms with van der Waals surface area (Å²) in [6.45, 7) is 4.79.